The van der Waals surface area contributed by atoms with E-state index in [4.69, 9.17) is 9.73 Å². The van der Waals surface area contributed by atoms with Crippen LogP contribution in [0.1, 0.15) is 53.4 Å². The summed E-state index contributed by atoms with van der Waals surface area (Å²) in [7, 11) is 1.55. The van der Waals surface area contributed by atoms with Crippen LogP contribution in [0.4, 0.5) is 5.69 Å². The molecule has 0 bridgehead atoms. The summed E-state index contributed by atoms with van der Waals surface area (Å²) in [4.78, 5) is 32.2. The number of hydrogen-bond donors (Lipinski definition) is 1. The predicted octanol–water partition coefficient (Wildman–Crippen LogP) is 7.26. The number of para-hydroxylation sites is 2. The number of nitriles is 1. The quantitative estimate of drug-likeness (QED) is 0.265. The molecule has 2 heterocycles. The highest BCUT2D eigenvalue weighted by molar-refractivity contribution is 8.14. The van der Waals surface area contributed by atoms with Gasteiger partial charge in [-0.15, -0.1) is 23.1 Å². The summed E-state index contributed by atoms with van der Waals surface area (Å²) >= 11 is 2.77. The molecule has 200 valence electrons. The van der Waals surface area contributed by atoms with Gasteiger partial charge >= 0.3 is 0 Å². The summed E-state index contributed by atoms with van der Waals surface area (Å²) in [6.45, 7) is 3.94. The number of thiophene rings is 1. The molecule has 0 fully saturated rings. The molecule has 0 aliphatic carbocycles. The van der Waals surface area contributed by atoms with Crippen LogP contribution in [0.5, 0.6) is 5.75 Å². The van der Waals surface area contributed by atoms with Crippen LogP contribution in [0.15, 0.2) is 82.3 Å². The van der Waals surface area contributed by atoms with Gasteiger partial charge < -0.3 is 10.1 Å². The maximum Gasteiger partial charge on any atom is 0.254 e. The van der Waals surface area contributed by atoms with Crippen LogP contribution in [-0.2, 0) is 11.2 Å². The standard InChI is InChI=1S/C31H31N3O3S2/c1-4-5-9-21-13-15-22(16-14-21)25(35)19-39-31-23(18-32)29(27-12-8-17-38-27)28(20(2)33-31)30(36)34-24-10-6-7-11-26(24)37-3/h6-8,10-17,23,29H,4-5,9,19H2,1-3H3,(H,34,36)/t23?,29-/m0/s1. The zero-order valence-corrected chi connectivity index (χ0v) is 23.9. The van der Waals surface area contributed by atoms with Crippen molar-refractivity contribution in [2.75, 3.05) is 18.2 Å². The van der Waals surface area contributed by atoms with Crippen molar-refractivity contribution in [3.8, 4) is 11.8 Å². The predicted molar refractivity (Wildman–Crippen MR) is 160 cm³/mol. The maximum atomic E-state index is 13.6. The lowest BCUT2D eigenvalue weighted by Crippen LogP contribution is -2.31. The molecular formula is C31H31N3O3S2. The number of nitrogens with one attached hydrogen (secondary N) is 1. The zero-order chi connectivity index (χ0) is 27.8. The molecule has 0 saturated carbocycles. The van der Waals surface area contributed by atoms with Crippen molar-refractivity contribution < 1.29 is 14.3 Å². The topological polar surface area (TPSA) is 91.6 Å². The number of thioether (sulfide) groups is 1. The highest BCUT2D eigenvalue weighted by atomic mass is 32.2. The smallest absolute Gasteiger partial charge is 0.254 e. The summed E-state index contributed by atoms with van der Waals surface area (Å²) < 4.78 is 5.39. The van der Waals surface area contributed by atoms with E-state index in [-0.39, 0.29) is 17.4 Å². The minimum Gasteiger partial charge on any atom is -0.495 e. The molecule has 39 heavy (non-hydrogen) atoms. The number of nitrogens with zero attached hydrogens (tertiary/aromatic N) is 2. The van der Waals surface area contributed by atoms with E-state index in [1.165, 1.54) is 28.7 Å². The van der Waals surface area contributed by atoms with Crippen LogP contribution in [0.3, 0.4) is 0 Å². The highest BCUT2D eigenvalue weighted by Gasteiger charge is 2.39. The summed E-state index contributed by atoms with van der Waals surface area (Å²) in [6, 6.07) is 21.2. The lowest BCUT2D eigenvalue weighted by molar-refractivity contribution is -0.113. The molecule has 0 spiro atoms. The fourth-order valence-electron chi connectivity index (χ4n) is 4.56. The molecule has 1 aliphatic heterocycles. The second-order valence-electron chi connectivity index (χ2n) is 9.22. The van der Waals surface area contributed by atoms with E-state index in [2.05, 4.69) is 18.3 Å². The molecule has 1 aliphatic rings. The molecule has 1 unspecified atom stereocenters. The zero-order valence-electron chi connectivity index (χ0n) is 22.3. The molecule has 3 aromatic rings. The molecule has 6 nitrogen and oxygen atoms in total. The number of methoxy groups -OCH3 is 1. The number of amides is 1. The third-order valence-electron chi connectivity index (χ3n) is 6.61. The second-order valence-corrected chi connectivity index (χ2v) is 11.2. The fraction of sp³-hybridized carbons (Fsp3) is 0.290. The second kappa shape index (κ2) is 13.4. The van der Waals surface area contributed by atoms with E-state index < -0.39 is 11.8 Å². The number of rotatable bonds is 10. The van der Waals surface area contributed by atoms with Crippen LogP contribution in [0.2, 0.25) is 0 Å². The lowest BCUT2D eigenvalue weighted by Gasteiger charge is -2.29. The third kappa shape index (κ3) is 6.67. The largest absolute Gasteiger partial charge is 0.495 e. The lowest BCUT2D eigenvalue weighted by atomic mass is 9.82. The van der Waals surface area contributed by atoms with Gasteiger partial charge in [-0.2, -0.15) is 5.26 Å². The molecule has 1 N–H and O–H groups in total. The number of Topliss-reactive ketones (excluding diaryl/α,β-unsaturated/α-hetero) is 1. The van der Waals surface area contributed by atoms with E-state index in [0.717, 1.165) is 24.1 Å². The number of allylic oxidation sites excluding steroid dienone is 1. The molecule has 4 rings (SSSR count). The van der Waals surface area contributed by atoms with Crippen molar-refractivity contribution in [3.05, 3.63) is 93.3 Å². The van der Waals surface area contributed by atoms with Gasteiger partial charge in [0.25, 0.3) is 5.91 Å². The van der Waals surface area contributed by atoms with Gasteiger partial charge in [0.1, 0.15) is 11.7 Å². The van der Waals surface area contributed by atoms with Crippen molar-refractivity contribution in [3.63, 3.8) is 0 Å². The number of carbonyl (C=O) groups is 2. The summed E-state index contributed by atoms with van der Waals surface area (Å²) in [6.07, 6.45) is 3.25. The van der Waals surface area contributed by atoms with Crippen molar-refractivity contribution in [2.24, 2.45) is 10.9 Å². The van der Waals surface area contributed by atoms with Crippen molar-refractivity contribution in [2.45, 2.75) is 39.0 Å². The average molecular weight is 558 g/mol. The third-order valence-corrected chi connectivity index (χ3v) is 8.62. The van der Waals surface area contributed by atoms with Gasteiger partial charge in [0, 0.05) is 27.6 Å². The number of benzene rings is 2. The van der Waals surface area contributed by atoms with Crippen molar-refractivity contribution >= 4 is 45.5 Å². The number of ether oxygens (including phenoxy) is 1. The Morgan fingerprint density at radius 2 is 1.90 bits per heavy atom. The van der Waals surface area contributed by atoms with Gasteiger partial charge in [-0.1, -0.05) is 55.8 Å². The normalized spacial score (nSPS) is 16.8. The first-order valence-electron chi connectivity index (χ1n) is 12.9. The van der Waals surface area contributed by atoms with Gasteiger partial charge in [0.05, 0.1) is 29.7 Å². The number of carbonyl (C=O) groups excluding carboxylic acids is 2. The van der Waals surface area contributed by atoms with Gasteiger partial charge in [-0.3, -0.25) is 9.59 Å². The minimum absolute atomic E-state index is 0.0181. The Labute approximate surface area is 237 Å². The van der Waals surface area contributed by atoms with Gasteiger partial charge in [-0.05, 0) is 48.9 Å². The molecule has 8 heteroatoms. The summed E-state index contributed by atoms with van der Waals surface area (Å²) in [5, 5.41) is 15.7. The van der Waals surface area contributed by atoms with Crippen LogP contribution in [-0.4, -0.2) is 29.6 Å². The van der Waals surface area contributed by atoms with Gasteiger partial charge in [-0.25, -0.2) is 4.99 Å². The number of aliphatic imine (C=N–C) groups is 1. The van der Waals surface area contributed by atoms with E-state index in [1.807, 2.05) is 53.9 Å². The molecule has 0 saturated heterocycles. The molecule has 2 atom stereocenters. The number of ketones is 1. The van der Waals surface area contributed by atoms with Crippen LogP contribution in [0, 0.1) is 17.2 Å². The monoisotopic (exact) mass is 557 g/mol. The Morgan fingerprint density at radius 3 is 2.56 bits per heavy atom. The van der Waals surface area contributed by atoms with Crippen molar-refractivity contribution in [1.29, 1.82) is 5.26 Å². The van der Waals surface area contributed by atoms with Gasteiger partial charge in [0.15, 0.2) is 5.78 Å². The van der Waals surface area contributed by atoms with Crippen LogP contribution >= 0.6 is 23.1 Å². The first-order chi connectivity index (χ1) is 19.0. The maximum absolute atomic E-state index is 13.6. The van der Waals surface area contributed by atoms with Crippen LogP contribution in [0.25, 0.3) is 0 Å². The number of hydrogen-bond acceptors (Lipinski definition) is 7. The number of anilines is 1. The Balaban J connectivity index is 1.59. The SMILES string of the molecule is CCCCc1ccc(C(=O)CSC2=NC(C)=C(C(=O)Nc3ccccc3OC)[C@H](c3cccs3)C2C#N)cc1. The molecular weight excluding hydrogens is 526 g/mol. The molecule has 0 radical (unpaired) electrons. The van der Waals surface area contributed by atoms with E-state index in [1.54, 1.807) is 26.2 Å². The summed E-state index contributed by atoms with van der Waals surface area (Å²) in [5.74, 6) is -0.838. The van der Waals surface area contributed by atoms with Gasteiger partial charge in [0.2, 0.25) is 0 Å². The van der Waals surface area contributed by atoms with Crippen LogP contribution < -0.4 is 10.1 Å². The Kier molecular flexibility index (Phi) is 9.74. The fourth-order valence-corrected chi connectivity index (χ4v) is 6.45. The number of aryl methyl sites for hydroxylation is 1. The highest BCUT2D eigenvalue weighted by Crippen LogP contribution is 2.43. The Morgan fingerprint density at radius 1 is 1.13 bits per heavy atom. The molecule has 1 amide bonds. The first-order valence-corrected chi connectivity index (χ1v) is 14.7. The van der Waals surface area contributed by atoms with Crippen molar-refractivity contribution in [1.82, 2.24) is 0 Å². The minimum atomic E-state index is -0.694. The molecule has 2 aromatic carbocycles. The van der Waals surface area contributed by atoms with E-state index in [9.17, 15) is 14.9 Å². The summed E-state index contributed by atoms with van der Waals surface area (Å²) in [5.41, 5.74) is 3.38. The average Bonchev–Trinajstić information content (AvgIpc) is 3.49. The van der Waals surface area contributed by atoms with E-state index >= 15 is 0 Å². The Bertz CT molecular complexity index is 1420. The first kappa shape index (κ1) is 28.3. The Hall–Kier alpha value is -3.67. The van der Waals surface area contributed by atoms with E-state index in [0.29, 0.717) is 33.3 Å². The number of unbranched alkanes of at least 4 members (excludes halogenated alkanes) is 1. The molecule has 1 aromatic heterocycles.